The van der Waals surface area contributed by atoms with Gasteiger partial charge in [0.15, 0.2) is 0 Å². The molecule has 0 atom stereocenters. The third-order valence-electron chi connectivity index (χ3n) is 3.39. The minimum atomic E-state index is -3.52. The molecule has 1 aliphatic carbocycles. The molecule has 0 unspecified atom stereocenters. The predicted molar refractivity (Wildman–Crippen MR) is 69.5 cm³/mol. The van der Waals surface area contributed by atoms with Crippen molar-refractivity contribution in [2.24, 2.45) is 5.92 Å². The first kappa shape index (κ1) is 13.5. The van der Waals surface area contributed by atoms with Gasteiger partial charge in [-0.2, -0.15) is 0 Å². The molecular weight excluding hydrogens is 250 g/mol. The van der Waals surface area contributed by atoms with Crippen molar-refractivity contribution in [1.29, 1.82) is 0 Å². The number of nitrogens with one attached hydrogen (secondary N) is 1. The number of hydrogen-bond donors (Lipinski definition) is 2. The average Bonchev–Trinajstić information content (AvgIpc) is 3.12. The fourth-order valence-corrected chi connectivity index (χ4v) is 3.65. The van der Waals surface area contributed by atoms with E-state index < -0.39 is 15.6 Å². The molecule has 0 heterocycles. The summed E-state index contributed by atoms with van der Waals surface area (Å²) in [6, 6.07) is 6.39. The van der Waals surface area contributed by atoms with Gasteiger partial charge in [-0.15, -0.1) is 0 Å². The van der Waals surface area contributed by atoms with Crippen molar-refractivity contribution in [3.8, 4) is 0 Å². The quantitative estimate of drug-likeness (QED) is 0.854. The van der Waals surface area contributed by atoms with Gasteiger partial charge in [0.2, 0.25) is 10.0 Å². The molecule has 0 aliphatic heterocycles. The molecule has 4 nitrogen and oxygen atoms in total. The summed E-state index contributed by atoms with van der Waals surface area (Å²) in [6.45, 7) is 3.67. The maximum atomic E-state index is 12.3. The zero-order valence-electron chi connectivity index (χ0n) is 10.7. The van der Waals surface area contributed by atoms with Crippen molar-refractivity contribution in [3.05, 3.63) is 29.8 Å². The lowest BCUT2D eigenvalue weighted by Crippen LogP contribution is -2.45. The summed E-state index contributed by atoms with van der Waals surface area (Å²) in [7, 11) is -3.52. The second kappa shape index (κ2) is 4.64. The van der Waals surface area contributed by atoms with Crippen molar-refractivity contribution >= 4 is 10.0 Å². The molecule has 0 radical (unpaired) electrons. The monoisotopic (exact) mass is 269 g/mol. The molecular formula is C13H19NO3S. The number of hydrogen-bond acceptors (Lipinski definition) is 3. The van der Waals surface area contributed by atoms with E-state index in [1.54, 1.807) is 18.2 Å². The van der Waals surface area contributed by atoms with Gasteiger partial charge in [0.1, 0.15) is 0 Å². The zero-order valence-corrected chi connectivity index (χ0v) is 11.5. The van der Waals surface area contributed by atoms with Gasteiger partial charge >= 0.3 is 0 Å². The number of aliphatic hydroxyl groups excluding tert-OH is 1. The van der Waals surface area contributed by atoms with E-state index in [0.717, 1.165) is 12.8 Å². The largest absolute Gasteiger partial charge is 0.392 e. The average molecular weight is 269 g/mol. The van der Waals surface area contributed by atoms with E-state index in [9.17, 15) is 8.42 Å². The molecule has 18 heavy (non-hydrogen) atoms. The Kier molecular flexibility index (Phi) is 3.49. The Morgan fingerprint density at radius 1 is 1.39 bits per heavy atom. The van der Waals surface area contributed by atoms with Crippen molar-refractivity contribution in [2.75, 3.05) is 0 Å². The highest BCUT2D eigenvalue weighted by molar-refractivity contribution is 7.89. The predicted octanol–water partition coefficient (Wildman–Crippen LogP) is 1.65. The summed E-state index contributed by atoms with van der Waals surface area (Å²) in [5, 5.41) is 9.04. The first-order valence-electron chi connectivity index (χ1n) is 6.09. The molecule has 0 spiro atoms. The molecule has 0 amide bonds. The molecule has 100 valence electrons. The lowest BCUT2D eigenvalue weighted by Gasteiger charge is -2.25. The van der Waals surface area contributed by atoms with Gasteiger partial charge in [0.25, 0.3) is 0 Å². The van der Waals surface area contributed by atoms with Gasteiger partial charge in [0, 0.05) is 5.54 Å². The number of sulfonamides is 1. The van der Waals surface area contributed by atoms with Crippen LogP contribution in [0.15, 0.2) is 29.2 Å². The smallest absolute Gasteiger partial charge is 0.241 e. The van der Waals surface area contributed by atoms with Crippen LogP contribution in [-0.4, -0.2) is 19.1 Å². The molecule has 1 aromatic carbocycles. The molecule has 1 aliphatic rings. The van der Waals surface area contributed by atoms with Crippen LogP contribution in [0.1, 0.15) is 32.3 Å². The van der Waals surface area contributed by atoms with Crippen LogP contribution in [0.5, 0.6) is 0 Å². The van der Waals surface area contributed by atoms with E-state index in [1.165, 1.54) is 6.07 Å². The molecule has 0 bridgehead atoms. The summed E-state index contributed by atoms with van der Waals surface area (Å²) in [4.78, 5) is 0.211. The molecule has 1 aromatic rings. The van der Waals surface area contributed by atoms with Crippen LogP contribution in [0, 0.1) is 5.92 Å². The summed E-state index contributed by atoms with van der Waals surface area (Å²) in [5.41, 5.74) is 0.190. The van der Waals surface area contributed by atoms with Crippen LogP contribution in [0.3, 0.4) is 0 Å². The maximum Gasteiger partial charge on any atom is 0.241 e. The minimum Gasteiger partial charge on any atom is -0.392 e. The van der Waals surface area contributed by atoms with Gasteiger partial charge in [-0.25, -0.2) is 13.1 Å². The Balaban J connectivity index is 2.24. The van der Waals surface area contributed by atoms with Crippen LogP contribution in [-0.2, 0) is 16.6 Å². The van der Waals surface area contributed by atoms with Crippen LogP contribution in [0.2, 0.25) is 0 Å². The van der Waals surface area contributed by atoms with E-state index in [4.69, 9.17) is 5.11 Å². The van der Waals surface area contributed by atoms with Gasteiger partial charge in [-0.05, 0) is 50.3 Å². The summed E-state index contributed by atoms with van der Waals surface area (Å²) < 4.78 is 27.3. The summed E-state index contributed by atoms with van der Waals surface area (Å²) in [6.07, 6.45) is 2.15. The molecule has 2 N–H and O–H groups in total. The first-order chi connectivity index (χ1) is 8.35. The topological polar surface area (TPSA) is 66.4 Å². The SMILES string of the molecule is CC(C)(NS(=O)(=O)c1cccc(CO)c1)C1CC1. The molecule has 0 aromatic heterocycles. The van der Waals surface area contributed by atoms with E-state index >= 15 is 0 Å². The fraction of sp³-hybridized carbons (Fsp3) is 0.538. The second-order valence-electron chi connectivity index (χ2n) is 5.41. The second-order valence-corrected chi connectivity index (χ2v) is 7.09. The van der Waals surface area contributed by atoms with Crippen molar-refractivity contribution < 1.29 is 13.5 Å². The zero-order chi connectivity index (χ0) is 13.4. The van der Waals surface area contributed by atoms with E-state index in [2.05, 4.69) is 4.72 Å². The summed E-state index contributed by atoms with van der Waals surface area (Å²) in [5.74, 6) is 0.424. The Hall–Kier alpha value is -0.910. The van der Waals surface area contributed by atoms with Gasteiger partial charge in [-0.1, -0.05) is 12.1 Å². The molecule has 1 saturated carbocycles. The number of aliphatic hydroxyl groups is 1. The number of benzene rings is 1. The normalized spacial score (nSPS) is 16.8. The lowest BCUT2D eigenvalue weighted by molar-refractivity contribution is 0.281. The molecule has 5 heteroatoms. The third kappa shape index (κ3) is 2.91. The van der Waals surface area contributed by atoms with E-state index in [-0.39, 0.29) is 11.5 Å². The minimum absolute atomic E-state index is 0.157. The van der Waals surface area contributed by atoms with Crippen molar-refractivity contribution in [3.63, 3.8) is 0 Å². The number of rotatable bonds is 5. The maximum absolute atomic E-state index is 12.3. The Morgan fingerprint density at radius 3 is 2.61 bits per heavy atom. The van der Waals surface area contributed by atoms with Crippen LogP contribution in [0.25, 0.3) is 0 Å². The highest BCUT2D eigenvalue weighted by Gasteiger charge is 2.40. The third-order valence-corrected chi connectivity index (χ3v) is 5.06. The van der Waals surface area contributed by atoms with Crippen molar-refractivity contribution in [1.82, 2.24) is 4.72 Å². The van der Waals surface area contributed by atoms with E-state index in [1.807, 2.05) is 13.8 Å². The Morgan fingerprint density at radius 2 is 2.06 bits per heavy atom. The molecule has 1 fully saturated rings. The van der Waals surface area contributed by atoms with E-state index in [0.29, 0.717) is 11.5 Å². The molecule has 2 rings (SSSR count). The van der Waals surface area contributed by atoms with Crippen LogP contribution in [0.4, 0.5) is 0 Å². The lowest BCUT2D eigenvalue weighted by atomic mass is 10.0. The summed E-state index contributed by atoms with van der Waals surface area (Å²) >= 11 is 0. The highest BCUT2D eigenvalue weighted by atomic mass is 32.2. The van der Waals surface area contributed by atoms with Gasteiger partial charge in [0.05, 0.1) is 11.5 Å². The first-order valence-corrected chi connectivity index (χ1v) is 7.57. The van der Waals surface area contributed by atoms with Crippen LogP contribution < -0.4 is 4.72 Å². The highest BCUT2D eigenvalue weighted by Crippen LogP contribution is 2.39. The van der Waals surface area contributed by atoms with Crippen molar-refractivity contribution in [2.45, 2.75) is 43.7 Å². The van der Waals surface area contributed by atoms with Gasteiger partial charge in [-0.3, -0.25) is 0 Å². The fourth-order valence-electron chi connectivity index (χ4n) is 2.10. The Bertz CT molecular complexity index is 533. The molecule has 0 saturated heterocycles. The van der Waals surface area contributed by atoms with Crippen LogP contribution >= 0.6 is 0 Å². The van der Waals surface area contributed by atoms with Gasteiger partial charge < -0.3 is 5.11 Å². The standard InChI is InChI=1S/C13H19NO3S/c1-13(2,11-6-7-11)14-18(16,17)12-5-3-4-10(8-12)9-15/h3-5,8,11,14-15H,6-7,9H2,1-2H3. The Labute approximate surface area is 108 Å².